The second kappa shape index (κ2) is 6.27. The van der Waals surface area contributed by atoms with Crippen LogP contribution in [0.2, 0.25) is 0 Å². The van der Waals surface area contributed by atoms with Crippen LogP contribution in [-0.4, -0.2) is 48.4 Å². The van der Waals surface area contributed by atoms with E-state index in [1.165, 1.54) is 13.8 Å². The number of rotatable bonds is 2. The minimum absolute atomic E-state index is 0.0411. The average molecular weight is 430 g/mol. The van der Waals surface area contributed by atoms with Crippen molar-refractivity contribution < 1.29 is 33.4 Å². The van der Waals surface area contributed by atoms with Gasteiger partial charge < -0.3 is 14.2 Å². The monoisotopic (exact) mass is 430 g/mol. The van der Waals surface area contributed by atoms with Crippen molar-refractivity contribution >= 4 is 23.5 Å². The first kappa shape index (κ1) is 20.9. The number of hydrogen-bond donors (Lipinski definition) is 0. The summed E-state index contributed by atoms with van der Waals surface area (Å²) >= 11 is 0. The summed E-state index contributed by atoms with van der Waals surface area (Å²) in [5.74, 6) is -1.93. The summed E-state index contributed by atoms with van der Waals surface area (Å²) in [6, 6.07) is 0. The number of Topliss-reactive ketones (excluding diaryl/α,β-unsaturated/α-hetero) is 2. The maximum Gasteiger partial charge on any atom is 0.303 e. The number of hydrogen-bond acceptors (Lipinski definition) is 7. The van der Waals surface area contributed by atoms with Gasteiger partial charge >= 0.3 is 11.9 Å². The van der Waals surface area contributed by atoms with Crippen LogP contribution in [0.15, 0.2) is 12.2 Å². The Morgan fingerprint density at radius 2 is 1.74 bits per heavy atom. The third-order valence-corrected chi connectivity index (χ3v) is 9.16. The van der Waals surface area contributed by atoms with Gasteiger partial charge in [-0.3, -0.25) is 19.2 Å². The van der Waals surface area contributed by atoms with E-state index in [4.69, 9.17) is 14.2 Å². The summed E-state index contributed by atoms with van der Waals surface area (Å²) in [7, 11) is 0. The molecule has 31 heavy (non-hydrogen) atoms. The zero-order valence-corrected chi connectivity index (χ0v) is 18.6. The highest BCUT2D eigenvalue weighted by molar-refractivity contribution is 5.99. The van der Waals surface area contributed by atoms with E-state index in [-0.39, 0.29) is 36.1 Å². The lowest BCUT2D eigenvalue weighted by atomic mass is 9.37. The number of ketones is 2. The quantitative estimate of drug-likeness (QED) is 0.490. The van der Waals surface area contributed by atoms with E-state index < -0.39 is 46.3 Å². The highest BCUT2D eigenvalue weighted by Crippen LogP contribution is 2.72. The van der Waals surface area contributed by atoms with E-state index in [0.717, 1.165) is 12.0 Å². The number of carbonyl (C=O) groups excluding carboxylic acids is 4. The summed E-state index contributed by atoms with van der Waals surface area (Å²) in [5, 5.41) is 0. The van der Waals surface area contributed by atoms with Crippen molar-refractivity contribution in [2.45, 2.75) is 71.7 Å². The lowest BCUT2D eigenvalue weighted by molar-refractivity contribution is -0.277. The van der Waals surface area contributed by atoms with Crippen LogP contribution in [-0.2, 0) is 33.4 Å². The fourth-order valence-electron chi connectivity index (χ4n) is 8.12. The van der Waals surface area contributed by atoms with Crippen LogP contribution in [0.3, 0.4) is 0 Å². The fourth-order valence-corrected chi connectivity index (χ4v) is 8.12. The smallest absolute Gasteiger partial charge is 0.303 e. The molecule has 4 aliphatic carbocycles. The molecule has 2 spiro atoms. The van der Waals surface area contributed by atoms with Crippen molar-refractivity contribution in [3.8, 4) is 0 Å². The molecule has 0 unspecified atom stereocenters. The Morgan fingerprint density at radius 1 is 1.06 bits per heavy atom. The van der Waals surface area contributed by atoms with Gasteiger partial charge in [-0.2, -0.15) is 0 Å². The Bertz CT molecular complexity index is 919. The van der Waals surface area contributed by atoms with Gasteiger partial charge in [0, 0.05) is 26.2 Å². The molecule has 0 aromatic carbocycles. The van der Waals surface area contributed by atoms with Crippen molar-refractivity contribution in [3.63, 3.8) is 0 Å². The minimum Gasteiger partial charge on any atom is -0.457 e. The van der Waals surface area contributed by atoms with Gasteiger partial charge in [0.25, 0.3) is 0 Å². The van der Waals surface area contributed by atoms with E-state index in [2.05, 4.69) is 6.58 Å². The maximum absolute atomic E-state index is 14.3. The number of fused-ring (bicyclic) bond motifs is 3. The van der Waals surface area contributed by atoms with Crippen molar-refractivity contribution in [2.75, 3.05) is 6.61 Å². The Kier molecular flexibility index (Phi) is 4.22. The Labute approximate surface area is 181 Å². The minimum atomic E-state index is -1.11. The van der Waals surface area contributed by atoms with E-state index in [1.54, 1.807) is 0 Å². The third kappa shape index (κ3) is 2.33. The van der Waals surface area contributed by atoms with Crippen LogP contribution in [0.1, 0.15) is 53.4 Å². The highest BCUT2D eigenvalue weighted by Gasteiger charge is 2.80. The molecule has 0 amide bonds. The fraction of sp³-hybridized carbons (Fsp3) is 0.750. The number of esters is 2. The molecular weight excluding hydrogens is 400 g/mol. The van der Waals surface area contributed by atoms with Crippen LogP contribution in [0.25, 0.3) is 0 Å². The van der Waals surface area contributed by atoms with E-state index in [9.17, 15) is 19.2 Å². The molecule has 2 aliphatic heterocycles. The van der Waals surface area contributed by atoms with Gasteiger partial charge in [-0.1, -0.05) is 20.4 Å². The van der Waals surface area contributed by atoms with Gasteiger partial charge in [-0.15, -0.1) is 0 Å². The molecular formula is C24H30O7. The zero-order chi connectivity index (χ0) is 22.5. The van der Waals surface area contributed by atoms with Gasteiger partial charge in [-0.25, -0.2) is 0 Å². The molecule has 0 radical (unpaired) electrons. The SMILES string of the molecule is C=C1[C@@H]2CC[C@@H]3[C@](C2)(C(=O)[C@@H](OC(C)=O)[C@@H]2C(C)(C)[C@H]4CC(=O)[C@@]32CO4)[C@@H]1OC(C)=O. The first-order valence-electron chi connectivity index (χ1n) is 11.2. The van der Waals surface area contributed by atoms with Gasteiger partial charge in [0.15, 0.2) is 11.9 Å². The van der Waals surface area contributed by atoms with Crippen molar-refractivity contribution in [3.05, 3.63) is 12.2 Å². The Balaban J connectivity index is 1.76. The summed E-state index contributed by atoms with van der Waals surface area (Å²) in [4.78, 5) is 52.1. The lowest BCUT2D eigenvalue weighted by Gasteiger charge is -2.68. The summed E-state index contributed by atoms with van der Waals surface area (Å²) in [6.07, 6.45) is 0.0231. The van der Waals surface area contributed by atoms with Crippen molar-refractivity contribution in [2.24, 2.45) is 34.0 Å². The molecule has 0 N–H and O–H groups in total. The van der Waals surface area contributed by atoms with E-state index in [1.807, 2.05) is 13.8 Å². The third-order valence-electron chi connectivity index (χ3n) is 9.16. The van der Waals surface area contributed by atoms with E-state index >= 15 is 0 Å². The number of carbonyl (C=O) groups is 4. The summed E-state index contributed by atoms with van der Waals surface area (Å²) in [6.45, 7) is 11.0. The molecule has 0 aromatic heterocycles. The molecule has 6 rings (SSSR count). The molecule has 7 nitrogen and oxygen atoms in total. The van der Waals surface area contributed by atoms with Crippen molar-refractivity contribution in [1.29, 1.82) is 0 Å². The Morgan fingerprint density at radius 3 is 2.35 bits per heavy atom. The van der Waals surface area contributed by atoms with Crippen LogP contribution in [0.4, 0.5) is 0 Å². The van der Waals surface area contributed by atoms with Gasteiger partial charge in [-0.05, 0) is 42.1 Å². The van der Waals surface area contributed by atoms with Crippen LogP contribution in [0.5, 0.6) is 0 Å². The van der Waals surface area contributed by atoms with Crippen LogP contribution >= 0.6 is 0 Å². The summed E-state index contributed by atoms with van der Waals surface area (Å²) < 4.78 is 17.7. The predicted molar refractivity (Wildman–Crippen MR) is 108 cm³/mol. The summed E-state index contributed by atoms with van der Waals surface area (Å²) in [5.41, 5.74) is -1.84. The molecule has 4 saturated carbocycles. The van der Waals surface area contributed by atoms with Gasteiger partial charge in [0.05, 0.1) is 23.5 Å². The zero-order valence-electron chi connectivity index (χ0n) is 18.6. The normalized spacial score (nSPS) is 46.9. The first-order valence-corrected chi connectivity index (χ1v) is 11.2. The van der Waals surface area contributed by atoms with Crippen molar-refractivity contribution in [1.82, 2.24) is 0 Å². The molecule has 4 bridgehead atoms. The molecule has 7 heteroatoms. The molecule has 2 saturated heterocycles. The molecule has 6 aliphatic rings. The largest absolute Gasteiger partial charge is 0.457 e. The standard InChI is InChI=1S/C24H30O7/c1-11-14-6-7-15-23(9-14,21(11)31-13(3)26)20(28)18(30-12(2)25)19-22(4,5)17-8-16(27)24(15,19)10-29-17/h14-15,17-19,21H,1,6-10H2,2-5H3/t14-,15-,17-,18+,19-,21-,23-,24-/m1/s1. The highest BCUT2D eigenvalue weighted by atomic mass is 16.6. The second-order valence-corrected chi connectivity index (χ2v) is 10.8. The van der Waals surface area contributed by atoms with Crippen LogP contribution < -0.4 is 0 Å². The van der Waals surface area contributed by atoms with Gasteiger partial charge in [0.1, 0.15) is 11.9 Å². The molecule has 0 aromatic rings. The van der Waals surface area contributed by atoms with Gasteiger partial charge in [0.2, 0.25) is 0 Å². The van der Waals surface area contributed by atoms with E-state index in [0.29, 0.717) is 19.3 Å². The first-order chi connectivity index (χ1) is 14.5. The molecule has 6 fully saturated rings. The Hall–Kier alpha value is -2.02. The molecule has 2 heterocycles. The second-order valence-electron chi connectivity index (χ2n) is 10.8. The molecule has 8 atom stereocenters. The predicted octanol–water partition coefficient (Wildman–Crippen LogP) is 2.41. The lowest BCUT2D eigenvalue weighted by Crippen LogP contribution is -2.77. The molecule has 168 valence electrons. The number of ether oxygens (including phenoxy) is 3. The average Bonchev–Trinajstić information content (AvgIpc) is 2.88. The van der Waals surface area contributed by atoms with Crippen LogP contribution in [0, 0.1) is 34.0 Å². The topological polar surface area (TPSA) is 96.0 Å². The maximum atomic E-state index is 14.3.